The molecule has 0 fully saturated rings. The van der Waals surface area contributed by atoms with Gasteiger partial charge < -0.3 is 9.80 Å². The van der Waals surface area contributed by atoms with E-state index >= 15 is 0 Å². The molecule has 3 aliphatic rings. The molecule has 0 saturated carbocycles. The van der Waals surface area contributed by atoms with Crippen LogP contribution in [0.15, 0.2) is 91.0 Å². The molecule has 1 aliphatic carbocycles. The van der Waals surface area contributed by atoms with Gasteiger partial charge in [0.25, 0.3) is 6.71 Å². The van der Waals surface area contributed by atoms with E-state index in [2.05, 4.69) is 208 Å². The van der Waals surface area contributed by atoms with Gasteiger partial charge >= 0.3 is 0 Å². The van der Waals surface area contributed by atoms with Crippen LogP contribution in [0.3, 0.4) is 0 Å². The van der Waals surface area contributed by atoms with Crippen molar-refractivity contribution in [2.24, 2.45) is 0 Å². The first-order valence-electron chi connectivity index (χ1n) is 21.4. The minimum atomic E-state index is -0.00493. The van der Waals surface area contributed by atoms with Gasteiger partial charge in [-0.05, 0) is 152 Å². The molecule has 1 aromatic heterocycles. The normalized spacial score (nSPS) is 17.0. The second-order valence-electron chi connectivity index (χ2n) is 21.2. The lowest BCUT2D eigenvalue weighted by atomic mass is 9.35. The highest BCUT2D eigenvalue weighted by Crippen LogP contribution is 2.56. The van der Waals surface area contributed by atoms with Gasteiger partial charge in [0.2, 0.25) is 0 Å². The highest BCUT2D eigenvalue weighted by atomic mass is 32.1. The van der Waals surface area contributed by atoms with Crippen molar-refractivity contribution in [1.29, 1.82) is 0 Å². The lowest BCUT2D eigenvalue weighted by Crippen LogP contribution is -2.61. The molecular formula is C54H59BN2S. The quantitative estimate of drug-likeness (QED) is 0.165. The lowest BCUT2D eigenvalue weighted by Gasteiger charge is -2.45. The predicted molar refractivity (Wildman–Crippen MR) is 253 cm³/mol. The number of thiophene rings is 1. The maximum absolute atomic E-state index is 3.31. The molecule has 3 heterocycles. The van der Waals surface area contributed by atoms with E-state index < -0.39 is 0 Å². The highest BCUT2D eigenvalue weighted by molar-refractivity contribution is 7.29. The summed E-state index contributed by atoms with van der Waals surface area (Å²) in [5.41, 5.74) is 19.9. The average Bonchev–Trinajstić information content (AvgIpc) is 3.57. The minimum absolute atomic E-state index is 0.00493. The molecule has 4 heteroatoms. The zero-order valence-corrected chi connectivity index (χ0v) is 37.8. The van der Waals surface area contributed by atoms with E-state index in [1.807, 2.05) is 6.07 Å². The molecular weight excluding hydrogens is 719 g/mol. The van der Waals surface area contributed by atoms with Gasteiger partial charge in [-0.15, -0.1) is 0 Å². The summed E-state index contributed by atoms with van der Waals surface area (Å²) >= 11 is 2.11. The van der Waals surface area contributed by atoms with Crippen LogP contribution in [0, 0.1) is 19.1 Å². The number of fused-ring (bicyclic) bond motifs is 6. The molecule has 1 unspecified atom stereocenters. The third-order valence-electron chi connectivity index (χ3n) is 13.3. The van der Waals surface area contributed by atoms with Crippen LogP contribution in [0.2, 0.25) is 0 Å². The highest BCUT2D eigenvalue weighted by Gasteiger charge is 2.49. The first-order chi connectivity index (χ1) is 27.2. The van der Waals surface area contributed by atoms with Gasteiger partial charge in [-0.25, -0.2) is 0 Å². The monoisotopic (exact) mass is 778 g/mol. The fraction of sp³-hybridized carbons (Fsp3) is 0.370. The van der Waals surface area contributed by atoms with Crippen LogP contribution >= 0.6 is 11.3 Å². The van der Waals surface area contributed by atoms with Crippen molar-refractivity contribution in [2.45, 2.75) is 130 Å². The molecule has 0 N–H and O–H groups in total. The minimum Gasteiger partial charge on any atom is -0.311 e. The van der Waals surface area contributed by atoms with Crippen molar-refractivity contribution in [2.75, 3.05) is 9.80 Å². The van der Waals surface area contributed by atoms with Gasteiger partial charge in [0.1, 0.15) is 0 Å². The molecule has 2 aliphatic heterocycles. The van der Waals surface area contributed by atoms with E-state index in [1.54, 1.807) is 10.4 Å². The zero-order chi connectivity index (χ0) is 41.3. The molecule has 5 aromatic carbocycles. The number of benzene rings is 4. The summed E-state index contributed by atoms with van der Waals surface area (Å²) in [7, 11) is 0. The maximum atomic E-state index is 3.31. The Morgan fingerprint density at radius 1 is 0.690 bits per heavy atom. The van der Waals surface area contributed by atoms with E-state index in [1.165, 1.54) is 96.0 Å². The van der Waals surface area contributed by atoms with Gasteiger partial charge in [0.05, 0.1) is 11.4 Å². The van der Waals surface area contributed by atoms with Crippen molar-refractivity contribution >= 4 is 67.9 Å². The van der Waals surface area contributed by atoms with E-state index in [0.29, 0.717) is 5.92 Å². The third-order valence-corrected chi connectivity index (χ3v) is 14.8. The first kappa shape index (κ1) is 38.8. The Balaban J connectivity index is 1.42. The predicted octanol–water partition coefficient (Wildman–Crippen LogP) is 13.5. The standard InChI is InChI=1S/C54H59BN2S/c1-33-29-44-47-45(30-33)57(42-25-21-37(52(6,7)8)31-40(42)35-17-15-14-16-18-35)48-46-49(34(2)27-28-54(46,12)13)58-50(48)55(47)41-32-38(53(9,10)11)22-26-43(41)56(44)39-23-19-36(20-24-39)51(3,4)5/h15,17-26,29-32,34H,27-28H2,1-13H3. The van der Waals surface area contributed by atoms with Crippen LogP contribution in [0.4, 0.5) is 34.1 Å². The van der Waals surface area contributed by atoms with Gasteiger partial charge in [0, 0.05) is 38.0 Å². The van der Waals surface area contributed by atoms with E-state index in [0.717, 1.165) is 0 Å². The van der Waals surface area contributed by atoms with Crippen LogP contribution in [-0.4, -0.2) is 6.71 Å². The van der Waals surface area contributed by atoms with Crippen molar-refractivity contribution < 1.29 is 0 Å². The summed E-state index contributed by atoms with van der Waals surface area (Å²) < 4.78 is 1.48. The zero-order valence-electron chi connectivity index (χ0n) is 37.0. The number of aryl methyl sites for hydroxylation is 1. The van der Waals surface area contributed by atoms with Crippen LogP contribution in [0.25, 0.3) is 11.1 Å². The van der Waals surface area contributed by atoms with Crippen molar-refractivity contribution in [3.63, 3.8) is 0 Å². The van der Waals surface area contributed by atoms with E-state index in [4.69, 9.17) is 0 Å². The Morgan fingerprint density at radius 3 is 1.91 bits per heavy atom. The molecule has 0 bridgehead atoms. The summed E-state index contributed by atoms with van der Waals surface area (Å²) in [5.74, 6) is 0.508. The first-order valence-corrected chi connectivity index (χ1v) is 22.3. The number of rotatable bonds is 3. The summed E-state index contributed by atoms with van der Waals surface area (Å²) in [5, 5.41) is 0. The lowest BCUT2D eigenvalue weighted by molar-refractivity contribution is 0.409. The molecule has 2 nitrogen and oxygen atoms in total. The number of anilines is 6. The average molecular weight is 779 g/mol. The topological polar surface area (TPSA) is 6.48 Å². The molecule has 1 atom stereocenters. The van der Waals surface area contributed by atoms with Crippen molar-refractivity contribution in [3.8, 4) is 11.1 Å². The Labute approximate surface area is 353 Å². The van der Waals surface area contributed by atoms with E-state index in [9.17, 15) is 0 Å². The largest absolute Gasteiger partial charge is 0.311 e. The molecule has 0 amide bonds. The molecule has 9 rings (SSSR count). The Morgan fingerprint density at radius 2 is 1.29 bits per heavy atom. The van der Waals surface area contributed by atoms with Crippen LogP contribution in [-0.2, 0) is 21.7 Å². The number of hydrogen-bond donors (Lipinski definition) is 0. The maximum Gasteiger partial charge on any atom is 0.264 e. The third kappa shape index (κ3) is 6.14. The Bertz CT molecular complexity index is 2570. The van der Waals surface area contributed by atoms with Crippen LogP contribution in [0.1, 0.15) is 135 Å². The van der Waals surface area contributed by atoms with Gasteiger partial charge in [-0.3, -0.25) is 0 Å². The van der Waals surface area contributed by atoms with Gasteiger partial charge in [-0.2, -0.15) is 11.3 Å². The Hall–Kier alpha value is -4.72. The summed E-state index contributed by atoms with van der Waals surface area (Å²) in [6, 6.07) is 41.8. The van der Waals surface area contributed by atoms with E-state index in [-0.39, 0.29) is 28.4 Å². The Kier molecular flexibility index (Phi) is 8.79. The smallest absolute Gasteiger partial charge is 0.264 e. The molecule has 0 spiro atoms. The molecule has 6 aromatic rings. The van der Waals surface area contributed by atoms with Gasteiger partial charge in [-0.1, -0.05) is 126 Å². The SMILES string of the molecule is Cc1cc2c3c(c1)N(c1ccc(C(C)(C)C)cc1-c1cc#ccc1)c1c(sc4c1C(C)(C)CCC4C)B3c1cc(C(C)(C)C)ccc1N2c1ccc(C(C)(C)C)cc1. The van der Waals surface area contributed by atoms with Crippen molar-refractivity contribution in [3.05, 3.63) is 136 Å². The fourth-order valence-corrected chi connectivity index (χ4v) is 11.5. The molecule has 0 saturated heterocycles. The summed E-state index contributed by atoms with van der Waals surface area (Å²) in [6.07, 6.45) is 2.39. The molecule has 58 heavy (non-hydrogen) atoms. The van der Waals surface area contributed by atoms with Gasteiger partial charge in [0.15, 0.2) is 0 Å². The van der Waals surface area contributed by atoms with Crippen LogP contribution in [0.5, 0.6) is 0 Å². The molecule has 0 radical (unpaired) electrons. The summed E-state index contributed by atoms with van der Waals surface area (Å²) in [6.45, 7) is 30.8. The second kappa shape index (κ2) is 13.1. The molecule has 294 valence electrons. The summed E-state index contributed by atoms with van der Waals surface area (Å²) in [4.78, 5) is 6.86. The number of nitrogens with zero attached hydrogens (tertiary/aromatic N) is 2. The second-order valence-corrected chi connectivity index (χ2v) is 22.3. The van der Waals surface area contributed by atoms with Crippen LogP contribution < -0.4 is 25.5 Å². The van der Waals surface area contributed by atoms with Crippen molar-refractivity contribution in [1.82, 2.24) is 0 Å². The fourth-order valence-electron chi connectivity index (χ4n) is 9.85. The number of hydrogen-bond acceptors (Lipinski definition) is 3.